The van der Waals surface area contributed by atoms with Gasteiger partial charge in [0.05, 0.1) is 12.0 Å². The predicted octanol–water partition coefficient (Wildman–Crippen LogP) is 3.26. The summed E-state index contributed by atoms with van der Waals surface area (Å²) in [6, 6.07) is 4.56. The van der Waals surface area contributed by atoms with Crippen molar-refractivity contribution >= 4 is 11.6 Å². The number of Topliss-reactive ketones (excluding diaryl/α,β-unsaturated/α-hetero) is 2. The van der Waals surface area contributed by atoms with Crippen molar-refractivity contribution in [2.45, 2.75) is 25.4 Å². The molecule has 0 aliphatic heterocycles. The topological polar surface area (TPSA) is 34.1 Å². The van der Waals surface area contributed by atoms with Crippen LogP contribution in [0.1, 0.15) is 35.2 Å². The van der Waals surface area contributed by atoms with Gasteiger partial charge in [0.25, 0.3) is 0 Å². The molecule has 0 N–H and O–H groups in total. The first-order valence-corrected chi connectivity index (χ1v) is 5.61. The molecule has 1 saturated carbocycles. The van der Waals surface area contributed by atoms with Gasteiger partial charge in [-0.25, -0.2) is 0 Å². The number of benzene rings is 1. The molecule has 0 radical (unpaired) electrons. The van der Waals surface area contributed by atoms with Gasteiger partial charge in [-0.3, -0.25) is 9.59 Å². The van der Waals surface area contributed by atoms with E-state index in [1.54, 1.807) is 0 Å². The van der Waals surface area contributed by atoms with E-state index in [1.807, 2.05) is 0 Å². The zero-order valence-corrected chi connectivity index (χ0v) is 9.46. The number of halogens is 3. The van der Waals surface area contributed by atoms with Crippen LogP contribution in [0.3, 0.4) is 0 Å². The highest BCUT2D eigenvalue weighted by atomic mass is 19.4. The molecule has 1 aliphatic carbocycles. The molecule has 0 heterocycles. The average molecular weight is 256 g/mol. The molecule has 0 bridgehead atoms. The summed E-state index contributed by atoms with van der Waals surface area (Å²) < 4.78 is 38.0. The Morgan fingerprint density at radius 3 is 2.33 bits per heavy atom. The van der Waals surface area contributed by atoms with Crippen LogP contribution in [0.25, 0.3) is 0 Å². The molecule has 1 fully saturated rings. The standard InChI is InChI=1S/C13H11F3O2/c14-13(15,16)10-4-2-1-3-9(10)12(18)7-11(17)8-5-6-8/h1-4,8H,5-7H2. The van der Waals surface area contributed by atoms with E-state index in [4.69, 9.17) is 0 Å². The van der Waals surface area contributed by atoms with Crippen LogP contribution >= 0.6 is 0 Å². The van der Waals surface area contributed by atoms with Gasteiger partial charge in [-0.15, -0.1) is 0 Å². The van der Waals surface area contributed by atoms with E-state index in [9.17, 15) is 22.8 Å². The molecule has 0 amide bonds. The molecular formula is C13H11F3O2. The number of hydrogen-bond donors (Lipinski definition) is 0. The molecule has 1 aromatic rings. The number of hydrogen-bond acceptors (Lipinski definition) is 2. The highest BCUT2D eigenvalue weighted by Crippen LogP contribution is 2.34. The molecule has 0 aromatic heterocycles. The summed E-state index contributed by atoms with van der Waals surface area (Å²) in [4.78, 5) is 23.2. The molecule has 18 heavy (non-hydrogen) atoms. The van der Waals surface area contributed by atoms with Gasteiger partial charge in [0.2, 0.25) is 0 Å². The minimum Gasteiger partial charge on any atom is -0.299 e. The van der Waals surface area contributed by atoms with E-state index in [1.165, 1.54) is 12.1 Å². The monoisotopic (exact) mass is 256 g/mol. The van der Waals surface area contributed by atoms with Crippen LogP contribution in [0.4, 0.5) is 13.2 Å². The van der Waals surface area contributed by atoms with Crippen LogP contribution in [0.5, 0.6) is 0 Å². The van der Waals surface area contributed by atoms with Crippen molar-refractivity contribution in [3.63, 3.8) is 0 Å². The van der Waals surface area contributed by atoms with E-state index >= 15 is 0 Å². The Labute approximate surface area is 102 Å². The Balaban J connectivity index is 2.21. The second-order valence-corrected chi connectivity index (χ2v) is 4.38. The summed E-state index contributed by atoms with van der Waals surface area (Å²) >= 11 is 0. The average Bonchev–Trinajstić information content (AvgIpc) is 3.11. The lowest BCUT2D eigenvalue weighted by molar-refractivity contribution is -0.138. The molecule has 0 spiro atoms. The Kier molecular flexibility index (Phi) is 3.24. The second-order valence-electron chi connectivity index (χ2n) is 4.38. The van der Waals surface area contributed by atoms with Crippen LogP contribution in [-0.4, -0.2) is 11.6 Å². The molecule has 0 saturated heterocycles. The smallest absolute Gasteiger partial charge is 0.299 e. The van der Waals surface area contributed by atoms with E-state index < -0.39 is 29.5 Å². The molecule has 2 rings (SSSR count). The lowest BCUT2D eigenvalue weighted by Crippen LogP contribution is -2.16. The lowest BCUT2D eigenvalue weighted by Gasteiger charge is -2.11. The molecule has 5 heteroatoms. The Hall–Kier alpha value is -1.65. The van der Waals surface area contributed by atoms with Gasteiger partial charge in [-0.1, -0.05) is 18.2 Å². The largest absolute Gasteiger partial charge is 0.417 e. The number of carbonyl (C=O) groups is 2. The van der Waals surface area contributed by atoms with Gasteiger partial charge in [0.15, 0.2) is 5.78 Å². The van der Waals surface area contributed by atoms with Crippen LogP contribution in [-0.2, 0) is 11.0 Å². The van der Waals surface area contributed by atoms with Gasteiger partial charge in [-0.2, -0.15) is 13.2 Å². The SMILES string of the molecule is O=C(CC(=O)C1CC1)c1ccccc1C(F)(F)F. The molecule has 96 valence electrons. The summed E-state index contributed by atoms with van der Waals surface area (Å²) in [6.07, 6.45) is -3.52. The third-order valence-corrected chi connectivity index (χ3v) is 2.90. The third kappa shape index (κ3) is 2.78. The summed E-state index contributed by atoms with van der Waals surface area (Å²) in [5, 5.41) is 0. The van der Waals surface area contributed by atoms with Crippen LogP contribution in [0.15, 0.2) is 24.3 Å². The zero-order valence-electron chi connectivity index (χ0n) is 9.46. The molecular weight excluding hydrogens is 245 g/mol. The predicted molar refractivity (Wildman–Crippen MR) is 58.1 cm³/mol. The maximum Gasteiger partial charge on any atom is 0.417 e. The summed E-state index contributed by atoms with van der Waals surface area (Å²) in [7, 11) is 0. The number of alkyl halides is 3. The fourth-order valence-electron chi connectivity index (χ4n) is 1.78. The minimum atomic E-state index is -4.57. The van der Waals surface area contributed by atoms with Crippen molar-refractivity contribution in [3.05, 3.63) is 35.4 Å². The zero-order chi connectivity index (χ0) is 13.3. The van der Waals surface area contributed by atoms with Gasteiger partial charge < -0.3 is 0 Å². The van der Waals surface area contributed by atoms with Crippen molar-refractivity contribution in [1.82, 2.24) is 0 Å². The Bertz CT molecular complexity index is 487. The minimum absolute atomic E-state index is 0.119. The van der Waals surface area contributed by atoms with Gasteiger partial charge in [-0.05, 0) is 18.9 Å². The first kappa shape index (κ1) is 12.8. The molecule has 0 unspecified atom stereocenters. The summed E-state index contributed by atoms with van der Waals surface area (Å²) in [5.41, 5.74) is -1.39. The normalized spacial score (nSPS) is 15.5. The fraction of sp³-hybridized carbons (Fsp3) is 0.385. The number of rotatable bonds is 4. The first-order chi connectivity index (χ1) is 8.39. The van der Waals surface area contributed by atoms with Crippen molar-refractivity contribution in [3.8, 4) is 0 Å². The molecule has 0 atom stereocenters. The van der Waals surface area contributed by atoms with Crippen molar-refractivity contribution in [1.29, 1.82) is 0 Å². The van der Waals surface area contributed by atoms with Crippen LogP contribution in [0, 0.1) is 5.92 Å². The van der Waals surface area contributed by atoms with Gasteiger partial charge in [0, 0.05) is 11.5 Å². The summed E-state index contributed by atoms with van der Waals surface area (Å²) in [5.74, 6) is -1.12. The second kappa shape index (κ2) is 4.55. The molecule has 2 nitrogen and oxygen atoms in total. The van der Waals surface area contributed by atoms with E-state index in [0.717, 1.165) is 25.0 Å². The number of carbonyl (C=O) groups excluding carboxylic acids is 2. The summed E-state index contributed by atoms with van der Waals surface area (Å²) in [6.45, 7) is 0. The van der Waals surface area contributed by atoms with E-state index in [2.05, 4.69) is 0 Å². The van der Waals surface area contributed by atoms with E-state index in [-0.39, 0.29) is 11.7 Å². The van der Waals surface area contributed by atoms with Crippen molar-refractivity contribution in [2.75, 3.05) is 0 Å². The lowest BCUT2D eigenvalue weighted by atomic mass is 9.99. The third-order valence-electron chi connectivity index (χ3n) is 2.90. The van der Waals surface area contributed by atoms with E-state index in [0.29, 0.717) is 0 Å². The maximum absolute atomic E-state index is 12.7. The molecule has 1 aliphatic rings. The van der Waals surface area contributed by atoms with Crippen LogP contribution < -0.4 is 0 Å². The Morgan fingerprint density at radius 2 is 1.78 bits per heavy atom. The number of ketones is 2. The van der Waals surface area contributed by atoms with Gasteiger partial charge >= 0.3 is 6.18 Å². The van der Waals surface area contributed by atoms with Crippen molar-refractivity contribution in [2.24, 2.45) is 5.92 Å². The molecule has 1 aromatic carbocycles. The fourth-order valence-corrected chi connectivity index (χ4v) is 1.78. The highest BCUT2D eigenvalue weighted by molar-refractivity contribution is 6.09. The Morgan fingerprint density at radius 1 is 1.17 bits per heavy atom. The highest BCUT2D eigenvalue weighted by Gasteiger charge is 2.36. The van der Waals surface area contributed by atoms with Gasteiger partial charge in [0.1, 0.15) is 5.78 Å². The quantitative estimate of drug-likeness (QED) is 0.612. The van der Waals surface area contributed by atoms with Crippen molar-refractivity contribution < 1.29 is 22.8 Å². The van der Waals surface area contributed by atoms with Crippen LogP contribution in [0.2, 0.25) is 0 Å². The first-order valence-electron chi connectivity index (χ1n) is 5.61. The maximum atomic E-state index is 12.7.